The van der Waals surface area contributed by atoms with Crippen LogP contribution in [0.3, 0.4) is 0 Å². The lowest BCUT2D eigenvalue weighted by molar-refractivity contribution is -0.862. The molecule has 2 N–H and O–H groups in total. The van der Waals surface area contributed by atoms with Crippen LogP contribution in [0.25, 0.3) is 0 Å². The maximum Gasteiger partial charge on any atom is 0.279 e. The van der Waals surface area contributed by atoms with Crippen LogP contribution >= 0.6 is 11.6 Å². The number of quaternary nitrogens is 1. The topological polar surface area (TPSA) is 53.9 Å². The number of nitrogens with zero attached hydrogens (tertiary/aromatic N) is 1. The number of para-hydroxylation sites is 1. The third-order valence-electron chi connectivity index (χ3n) is 5.26. The number of carbonyl (C=O) groups excluding carboxylic acids is 2. The zero-order valence-corrected chi connectivity index (χ0v) is 17.1. The molecule has 6 heteroatoms. The lowest BCUT2D eigenvalue weighted by Gasteiger charge is -2.33. The van der Waals surface area contributed by atoms with Crippen molar-refractivity contribution in [2.75, 3.05) is 32.5 Å². The highest BCUT2D eigenvalue weighted by Crippen LogP contribution is 2.33. The van der Waals surface area contributed by atoms with E-state index in [1.54, 1.807) is 12.1 Å². The first-order valence-electron chi connectivity index (χ1n) is 9.65. The number of hydrogen-bond acceptors (Lipinski definition) is 2. The fourth-order valence-electron chi connectivity index (χ4n) is 3.78. The summed E-state index contributed by atoms with van der Waals surface area (Å²) in [5, 5.41) is 3.30. The summed E-state index contributed by atoms with van der Waals surface area (Å²) in [7, 11) is 3.72. The van der Waals surface area contributed by atoms with Gasteiger partial charge in [0.15, 0.2) is 13.1 Å². The molecule has 0 spiro atoms. The van der Waals surface area contributed by atoms with Gasteiger partial charge in [0.25, 0.3) is 11.8 Å². The van der Waals surface area contributed by atoms with Crippen LogP contribution in [0.4, 0.5) is 5.69 Å². The molecule has 2 aromatic rings. The first-order valence-corrected chi connectivity index (χ1v) is 10.0. The van der Waals surface area contributed by atoms with Crippen LogP contribution in [-0.2, 0) is 16.0 Å². The first kappa shape index (κ1) is 20.4. The Morgan fingerprint density at radius 2 is 1.86 bits per heavy atom. The molecule has 28 heavy (non-hydrogen) atoms. The molecule has 2 atom stereocenters. The number of likely N-dealkylation sites (N-methyl/N-ethyl adjacent to an activating group) is 2. The molecule has 1 unspecified atom stereocenters. The molecule has 0 aliphatic heterocycles. The third kappa shape index (κ3) is 4.91. The van der Waals surface area contributed by atoms with E-state index in [0.717, 1.165) is 24.2 Å². The molecule has 1 aliphatic rings. The van der Waals surface area contributed by atoms with Crippen LogP contribution in [0.2, 0.25) is 5.02 Å². The predicted octanol–water partition coefficient (Wildman–Crippen LogP) is 2.33. The van der Waals surface area contributed by atoms with Crippen molar-refractivity contribution >= 4 is 29.1 Å². The van der Waals surface area contributed by atoms with Crippen LogP contribution in [0, 0.1) is 0 Å². The molecule has 0 heterocycles. The van der Waals surface area contributed by atoms with E-state index in [4.69, 9.17) is 11.6 Å². The maximum atomic E-state index is 12.8. The van der Waals surface area contributed by atoms with Crippen LogP contribution in [0.5, 0.6) is 0 Å². The second kappa shape index (κ2) is 9.22. The summed E-state index contributed by atoms with van der Waals surface area (Å²) in [5.74, 6) is -0.117. The molecule has 0 aromatic heterocycles. The molecule has 2 amide bonds. The number of fused-ring (bicyclic) bond motifs is 1. The van der Waals surface area contributed by atoms with Gasteiger partial charge in [-0.05, 0) is 42.5 Å². The maximum absolute atomic E-state index is 12.8. The zero-order chi connectivity index (χ0) is 20.1. The van der Waals surface area contributed by atoms with Gasteiger partial charge in [-0.15, -0.1) is 0 Å². The molecule has 0 saturated carbocycles. The van der Waals surface area contributed by atoms with Crippen molar-refractivity contribution in [3.63, 3.8) is 0 Å². The van der Waals surface area contributed by atoms with E-state index in [1.807, 2.05) is 37.2 Å². The van der Waals surface area contributed by atoms with Gasteiger partial charge >= 0.3 is 0 Å². The van der Waals surface area contributed by atoms with E-state index in [0.29, 0.717) is 10.7 Å². The number of anilines is 1. The van der Waals surface area contributed by atoms with Gasteiger partial charge in [0.2, 0.25) is 0 Å². The summed E-state index contributed by atoms with van der Waals surface area (Å²) >= 11 is 6.08. The molecule has 0 radical (unpaired) electrons. The number of aryl methyl sites for hydroxylation is 1. The molecule has 1 aliphatic carbocycles. The summed E-state index contributed by atoms with van der Waals surface area (Å²) in [4.78, 5) is 27.8. The van der Waals surface area contributed by atoms with Gasteiger partial charge in [-0.1, -0.05) is 48.0 Å². The number of rotatable bonds is 6. The highest BCUT2D eigenvalue weighted by molar-refractivity contribution is 6.33. The number of hydrogen-bond donors (Lipinski definition) is 2. The second-order valence-corrected chi connectivity index (χ2v) is 7.86. The minimum Gasteiger partial charge on any atom is -0.334 e. The average Bonchev–Trinajstić information content (AvgIpc) is 2.68. The van der Waals surface area contributed by atoms with Crippen LogP contribution in [0.15, 0.2) is 48.5 Å². The fourth-order valence-corrected chi connectivity index (χ4v) is 3.96. The number of nitrogens with one attached hydrogen (secondary N) is 2. The summed E-state index contributed by atoms with van der Waals surface area (Å²) in [5.41, 5.74) is 3.17. The summed E-state index contributed by atoms with van der Waals surface area (Å²) < 4.78 is 0. The lowest BCUT2D eigenvalue weighted by atomic mass is 9.87. The number of carbonyl (C=O) groups is 2. The molecule has 2 aromatic carbocycles. The number of benzene rings is 2. The minimum atomic E-state index is -0.163. The van der Waals surface area contributed by atoms with Crippen molar-refractivity contribution in [1.82, 2.24) is 4.90 Å². The van der Waals surface area contributed by atoms with Gasteiger partial charge < -0.3 is 15.1 Å². The molecule has 3 rings (SSSR count). The second-order valence-electron chi connectivity index (χ2n) is 7.45. The molecule has 0 fully saturated rings. The molecular weight excluding hydrogens is 374 g/mol. The lowest BCUT2D eigenvalue weighted by Crippen LogP contribution is -3.11. The van der Waals surface area contributed by atoms with Crippen LogP contribution < -0.4 is 10.2 Å². The zero-order valence-electron chi connectivity index (χ0n) is 16.4. The SMILES string of the molecule is CN(C(=O)C[NH+](C)CC(=O)Nc1ccccc1Cl)[C@H]1CCCc2ccccc21. The molecule has 5 nitrogen and oxygen atoms in total. The Morgan fingerprint density at radius 1 is 1.14 bits per heavy atom. The van der Waals surface area contributed by atoms with E-state index in [2.05, 4.69) is 23.5 Å². The van der Waals surface area contributed by atoms with Crippen molar-refractivity contribution in [1.29, 1.82) is 0 Å². The first-order chi connectivity index (χ1) is 13.5. The van der Waals surface area contributed by atoms with Gasteiger partial charge in [0.05, 0.1) is 23.8 Å². The number of amides is 2. The highest BCUT2D eigenvalue weighted by Gasteiger charge is 2.28. The van der Waals surface area contributed by atoms with Gasteiger partial charge in [-0.3, -0.25) is 9.59 Å². The Hall–Kier alpha value is -2.37. The third-order valence-corrected chi connectivity index (χ3v) is 5.59. The van der Waals surface area contributed by atoms with Crippen LogP contribution in [-0.4, -0.2) is 43.9 Å². The summed E-state index contributed by atoms with van der Waals surface area (Å²) in [6.07, 6.45) is 3.13. The van der Waals surface area contributed by atoms with Gasteiger partial charge in [0, 0.05) is 7.05 Å². The Balaban J connectivity index is 1.55. The normalized spacial score (nSPS) is 16.8. The number of halogens is 1. The minimum absolute atomic E-state index is 0.0461. The Morgan fingerprint density at radius 3 is 2.64 bits per heavy atom. The molecule has 0 saturated heterocycles. The van der Waals surface area contributed by atoms with Crippen molar-refractivity contribution < 1.29 is 14.5 Å². The molecule has 0 bridgehead atoms. The standard InChI is InChI=1S/C22H26ClN3O2/c1-25(14-21(27)24-19-12-6-5-11-18(19)23)15-22(28)26(2)20-13-7-9-16-8-3-4-10-17(16)20/h3-6,8,10-12,20H,7,9,13-15H2,1-2H3,(H,24,27)/p+1/t20-/m0/s1. The van der Waals surface area contributed by atoms with E-state index in [-0.39, 0.29) is 30.9 Å². The van der Waals surface area contributed by atoms with Crippen molar-refractivity contribution in [2.24, 2.45) is 0 Å². The smallest absolute Gasteiger partial charge is 0.279 e. The Labute approximate surface area is 171 Å². The van der Waals surface area contributed by atoms with Gasteiger partial charge in [-0.2, -0.15) is 0 Å². The molecular formula is C22H27ClN3O2+. The van der Waals surface area contributed by atoms with Crippen molar-refractivity contribution in [3.05, 3.63) is 64.7 Å². The highest BCUT2D eigenvalue weighted by atomic mass is 35.5. The monoisotopic (exact) mass is 400 g/mol. The van der Waals surface area contributed by atoms with Gasteiger partial charge in [0.1, 0.15) is 0 Å². The fraction of sp³-hybridized carbons (Fsp3) is 0.364. The van der Waals surface area contributed by atoms with Gasteiger partial charge in [-0.25, -0.2) is 0 Å². The Bertz CT molecular complexity index is 855. The van der Waals surface area contributed by atoms with Crippen LogP contribution in [0.1, 0.15) is 30.0 Å². The quantitative estimate of drug-likeness (QED) is 0.782. The van der Waals surface area contributed by atoms with E-state index in [1.165, 1.54) is 11.1 Å². The van der Waals surface area contributed by atoms with E-state index < -0.39 is 0 Å². The average molecular weight is 401 g/mol. The van der Waals surface area contributed by atoms with Crippen molar-refractivity contribution in [2.45, 2.75) is 25.3 Å². The molecule has 148 valence electrons. The van der Waals surface area contributed by atoms with E-state index >= 15 is 0 Å². The predicted molar refractivity (Wildman–Crippen MR) is 112 cm³/mol. The summed E-state index contributed by atoms with van der Waals surface area (Å²) in [6.45, 7) is 0.469. The Kier molecular flexibility index (Phi) is 6.70. The van der Waals surface area contributed by atoms with Crippen molar-refractivity contribution in [3.8, 4) is 0 Å². The summed E-state index contributed by atoms with van der Waals surface area (Å²) in [6, 6.07) is 15.6. The largest absolute Gasteiger partial charge is 0.334 e. The van der Waals surface area contributed by atoms with E-state index in [9.17, 15) is 9.59 Å².